The van der Waals surface area contributed by atoms with Crippen molar-refractivity contribution in [3.05, 3.63) is 137 Å². The fraction of sp³-hybridized carbons (Fsp3) is 0. The number of aromatic nitrogens is 3. The van der Waals surface area contributed by atoms with E-state index in [4.69, 9.17) is 4.98 Å². The predicted molar refractivity (Wildman–Crippen MR) is 182 cm³/mol. The first-order valence-electron chi connectivity index (χ1n) is 14.8. The summed E-state index contributed by atoms with van der Waals surface area (Å²) >= 11 is 0. The number of fused-ring (bicyclic) bond motifs is 6. The third-order valence-electron chi connectivity index (χ3n) is 8.69. The number of nitriles is 5. The molecule has 8 nitrogen and oxygen atoms in total. The van der Waals surface area contributed by atoms with Crippen LogP contribution in [0.3, 0.4) is 0 Å². The van der Waals surface area contributed by atoms with Crippen molar-refractivity contribution in [2.75, 3.05) is 0 Å². The van der Waals surface area contributed by atoms with Crippen LogP contribution in [0.1, 0.15) is 27.8 Å². The number of hydrogen-bond donors (Lipinski definition) is 0. The van der Waals surface area contributed by atoms with E-state index in [0.717, 1.165) is 55.0 Å². The highest BCUT2D eigenvalue weighted by molar-refractivity contribution is 6.11. The molecule has 0 aliphatic carbocycles. The van der Waals surface area contributed by atoms with Crippen molar-refractivity contribution in [2.24, 2.45) is 0 Å². The lowest BCUT2D eigenvalue weighted by molar-refractivity contribution is 1.14. The fourth-order valence-electron chi connectivity index (χ4n) is 6.57. The molecule has 8 rings (SSSR count). The molecule has 0 aliphatic heterocycles. The molecule has 0 bridgehead atoms. The van der Waals surface area contributed by atoms with E-state index in [0.29, 0.717) is 39.1 Å². The molecule has 0 aliphatic rings. The Bertz CT molecular complexity index is 2760. The van der Waals surface area contributed by atoms with Crippen LogP contribution in [-0.2, 0) is 0 Å². The van der Waals surface area contributed by atoms with Crippen LogP contribution >= 0.6 is 0 Å². The number of nitrogens with zero attached hydrogens (tertiary/aromatic N) is 8. The number of rotatable bonds is 3. The minimum Gasteiger partial charge on any atom is -0.309 e. The van der Waals surface area contributed by atoms with E-state index in [9.17, 15) is 26.3 Å². The molecule has 0 saturated carbocycles. The van der Waals surface area contributed by atoms with Gasteiger partial charge in [0, 0.05) is 39.0 Å². The maximum absolute atomic E-state index is 9.93. The first kappa shape index (κ1) is 27.8. The lowest BCUT2D eigenvalue weighted by atomic mass is 10.0. The van der Waals surface area contributed by atoms with E-state index in [2.05, 4.69) is 39.5 Å². The van der Waals surface area contributed by atoms with E-state index < -0.39 is 0 Å². The Morgan fingerprint density at radius 3 is 1.25 bits per heavy atom. The van der Waals surface area contributed by atoms with Crippen molar-refractivity contribution in [2.45, 2.75) is 0 Å². The molecule has 0 N–H and O–H groups in total. The molecule has 0 unspecified atom stereocenters. The third-order valence-corrected chi connectivity index (χ3v) is 8.69. The molecule has 3 heterocycles. The van der Waals surface area contributed by atoms with Crippen molar-refractivity contribution < 1.29 is 0 Å². The van der Waals surface area contributed by atoms with Gasteiger partial charge in [-0.05, 0) is 103 Å². The summed E-state index contributed by atoms with van der Waals surface area (Å²) in [6, 6.07) is 42.5. The maximum atomic E-state index is 9.93. The van der Waals surface area contributed by atoms with Gasteiger partial charge in [-0.2, -0.15) is 26.3 Å². The minimum absolute atomic E-state index is 0.463. The standard InChI is InChI=1S/C40H18N8/c41-19-24-1-6-36-30(13-24)31-14-25(20-42)2-7-37(31)47(36)29-11-12-46-35(18-29)34-17-28(23-45)5-10-40(34)48-38-8-3-26(21-43)15-32(38)33-16-27(22-44)4-9-39(33)48/h1-18H. The smallest absolute Gasteiger partial charge is 0.0991 e. The van der Waals surface area contributed by atoms with Gasteiger partial charge in [-0.3, -0.25) is 4.98 Å². The van der Waals surface area contributed by atoms with E-state index in [-0.39, 0.29) is 0 Å². The van der Waals surface area contributed by atoms with Gasteiger partial charge in [-0.25, -0.2) is 0 Å². The molecule has 3 aromatic heterocycles. The molecule has 8 heteroatoms. The summed E-state index contributed by atoms with van der Waals surface area (Å²) in [4.78, 5) is 4.79. The Hall–Kier alpha value is -7.70. The molecule has 0 radical (unpaired) electrons. The zero-order valence-corrected chi connectivity index (χ0v) is 25.0. The quantitative estimate of drug-likeness (QED) is 0.197. The Balaban J connectivity index is 1.41. The van der Waals surface area contributed by atoms with Crippen molar-refractivity contribution in [3.63, 3.8) is 0 Å². The minimum atomic E-state index is 0.463. The van der Waals surface area contributed by atoms with Gasteiger partial charge in [0.25, 0.3) is 0 Å². The molecule has 8 aromatic rings. The first-order chi connectivity index (χ1) is 23.5. The Morgan fingerprint density at radius 2 is 0.812 bits per heavy atom. The van der Waals surface area contributed by atoms with Crippen LogP contribution in [0.5, 0.6) is 0 Å². The summed E-state index contributed by atoms with van der Waals surface area (Å²) in [5.41, 5.74) is 8.84. The lowest BCUT2D eigenvalue weighted by Crippen LogP contribution is -2.01. The zero-order valence-electron chi connectivity index (χ0n) is 25.0. The molecular formula is C40H18N8. The molecule has 0 saturated heterocycles. The molecule has 0 fully saturated rings. The topological polar surface area (TPSA) is 142 Å². The summed E-state index contributed by atoms with van der Waals surface area (Å²) in [6.45, 7) is 0. The lowest BCUT2D eigenvalue weighted by Gasteiger charge is -2.15. The maximum Gasteiger partial charge on any atom is 0.0991 e. The Kier molecular flexibility index (Phi) is 6.22. The van der Waals surface area contributed by atoms with Gasteiger partial charge in [0.15, 0.2) is 0 Å². The summed E-state index contributed by atoms with van der Waals surface area (Å²) in [5.74, 6) is 0. The molecule has 218 valence electrons. The SMILES string of the molecule is N#Cc1ccc(-n2c3ccc(C#N)cc3c3cc(C#N)ccc32)c(-c2cc(-n3c4ccc(C#N)cc4c4cc(C#N)ccc43)ccn2)c1. The van der Waals surface area contributed by atoms with Crippen LogP contribution in [0, 0.1) is 56.7 Å². The number of hydrogen-bond acceptors (Lipinski definition) is 6. The second kappa shape index (κ2) is 10.7. The first-order valence-corrected chi connectivity index (χ1v) is 14.8. The fourth-order valence-corrected chi connectivity index (χ4v) is 6.57. The van der Waals surface area contributed by atoms with E-state index >= 15 is 0 Å². The highest BCUT2D eigenvalue weighted by atomic mass is 15.0. The summed E-state index contributed by atoms with van der Waals surface area (Å²) in [5, 5.41) is 51.8. The Labute approximate surface area is 273 Å². The number of pyridine rings is 1. The molecule has 0 atom stereocenters. The van der Waals surface area contributed by atoms with Gasteiger partial charge in [-0.1, -0.05) is 0 Å². The monoisotopic (exact) mass is 610 g/mol. The van der Waals surface area contributed by atoms with Crippen molar-refractivity contribution in [1.29, 1.82) is 26.3 Å². The van der Waals surface area contributed by atoms with Crippen LogP contribution in [0.25, 0.3) is 66.2 Å². The highest BCUT2D eigenvalue weighted by Crippen LogP contribution is 2.38. The van der Waals surface area contributed by atoms with E-state index in [1.807, 2.05) is 72.8 Å². The average Bonchev–Trinajstić information content (AvgIpc) is 3.65. The van der Waals surface area contributed by atoms with Crippen LogP contribution in [-0.4, -0.2) is 14.1 Å². The molecule has 0 amide bonds. The van der Waals surface area contributed by atoms with Gasteiger partial charge in [-0.15, -0.1) is 0 Å². The highest BCUT2D eigenvalue weighted by Gasteiger charge is 2.20. The average molecular weight is 611 g/mol. The van der Waals surface area contributed by atoms with E-state index in [1.165, 1.54) is 0 Å². The largest absolute Gasteiger partial charge is 0.309 e. The molecular weight excluding hydrogens is 592 g/mol. The third kappa shape index (κ3) is 4.15. The molecule has 5 aromatic carbocycles. The second-order valence-electron chi connectivity index (χ2n) is 11.3. The van der Waals surface area contributed by atoms with Gasteiger partial charge >= 0.3 is 0 Å². The van der Waals surface area contributed by atoms with Crippen molar-refractivity contribution in [1.82, 2.24) is 14.1 Å². The number of benzene rings is 5. The predicted octanol–water partition coefficient (Wildman–Crippen LogP) is 8.30. The van der Waals surface area contributed by atoms with Gasteiger partial charge < -0.3 is 9.13 Å². The normalized spacial score (nSPS) is 10.8. The van der Waals surface area contributed by atoms with Gasteiger partial charge in [0.05, 0.1) is 91.6 Å². The van der Waals surface area contributed by atoms with E-state index in [1.54, 1.807) is 36.5 Å². The van der Waals surface area contributed by atoms with Gasteiger partial charge in [0.2, 0.25) is 0 Å². The van der Waals surface area contributed by atoms with Crippen LogP contribution in [0.2, 0.25) is 0 Å². The van der Waals surface area contributed by atoms with Gasteiger partial charge in [0.1, 0.15) is 0 Å². The molecule has 48 heavy (non-hydrogen) atoms. The second-order valence-corrected chi connectivity index (χ2v) is 11.3. The van der Waals surface area contributed by atoms with Crippen LogP contribution in [0.15, 0.2) is 109 Å². The Morgan fingerprint density at radius 1 is 0.417 bits per heavy atom. The summed E-state index contributed by atoms with van der Waals surface area (Å²) in [7, 11) is 0. The van der Waals surface area contributed by atoms with Crippen molar-refractivity contribution in [3.8, 4) is 53.0 Å². The van der Waals surface area contributed by atoms with Crippen molar-refractivity contribution >= 4 is 43.6 Å². The van der Waals surface area contributed by atoms with Crippen LogP contribution < -0.4 is 0 Å². The zero-order chi connectivity index (χ0) is 32.9. The van der Waals surface area contributed by atoms with Crippen LogP contribution in [0.4, 0.5) is 0 Å². The summed E-state index contributed by atoms with van der Waals surface area (Å²) in [6.07, 6.45) is 1.72. The molecule has 0 spiro atoms. The summed E-state index contributed by atoms with van der Waals surface area (Å²) < 4.78 is 4.16.